The van der Waals surface area contributed by atoms with Crippen molar-refractivity contribution >= 4 is 17.5 Å². The Morgan fingerprint density at radius 2 is 1.83 bits per heavy atom. The summed E-state index contributed by atoms with van der Waals surface area (Å²) in [6.45, 7) is 3.06. The van der Waals surface area contributed by atoms with E-state index in [9.17, 15) is 9.59 Å². The first-order valence-electron chi connectivity index (χ1n) is 9.91. The molecule has 1 N–H and O–H groups in total. The van der Waals surface area contributed by atoms with E-state index in [-0.39, 0.29) is 11.8 Å². The molecule has 4 rings (SSSR count). The van der Waals surface area contributed by atoms with Crippen LogP contribution in [0.15, 0.2) is 60.7 Å². The lowest BCUT2D eigenvalue weighted by molar-refractivity contribution is -0.119. The molecule has 0 aliphatic carbocycles. The van der Waals surface area contributed by atoms with Crippen LogP contribution in [0.4, 0.5) is 5.69 Å². The minimum Gasteiger partial charge on any atom is -0.347 e. The van der Waals surface area contributed by atoms with Gasteiger partial charge in [-0.25, -0.2) is 4.68 Å². The molecule has 6 heteroatoms. The number of aryl methyl sites for hydroxylation is 1. The van der Waals surface area contributed by atoms with Gasteiger partial charge in [-0.05, 0) is 55.7 Å². The molecule has 0 atom stereocenters. The van der Waals surface area contributed by atoms with Crippen molar-refractivity contribution < 1.29 is 9.59 Å². The quantitative estimate of drug-likeness (QED) is 0.726. The Labute approximate surface area is 170 Å². The first kappa shape index (κ1) is 18.9. The molecule has 1 aromatic heterocycles. The lowest BCUT2D eigenvalue weighted by atomic mass is 10.1. The molecule has 2 aromatic carbocycles. The third-order valence-electron chi connectivity index (χ3n) is 5.12. The van der Waals surface area contributed by atoms with Crippen LogP contribution in [0, 0.1) is 6.92 Å². The van der Waals surface area contributed by atoms with Gasteiger partial charge in [0, 0.05) is 30.9 Å². The number of amides is 2. The molecule has 2 heterocycles. The van der Waals surface area contributed by atoms with E-state index in [2.05, 4.69) is 10.4 Å². The van der Waals surface area contributed by atoms with Crippen molar-refractivity contribution in [3.63, 3.8) is 0 Å². The van der Waals surface area contributed by atoms with Crippen LogP contribution in [0.5, 0.6) is 0 Å². The predicted molar refractivity (Wildman–Crippen MR) is 112 cm³/mol. The number of carbonyl (C=O) groups excluding carboxylic acids is 2. The summed E-state index contributed by atoms with van der Waals surface area (Å²) in [5.74, 6) is -0.0541. The van der Waals surface area contributed by atoms with Crippen LogP contribution in [-0.2, 0) is 11.3 Å². The Kier molecular flexibility index (Phi) is 5.42. The number of anilines is 1. The number of nitrogens with zero attached hydrogens (tertiary/aromatic N) is 3. The van der Waals surface area contributed by atoms with Crippen LogP contribution in [0.1, 0.15) is 41.0 Å². The van der Waals surface area contributed by atoms with Gasteiger partial charge in [-0.3, -0.25) is 9.59 Å². The van der Waals surface area contributed by atoms with E-state index in [0.29, 0.717) is 18.7 Å². The fourth-order valence-corrected chi connectivity index (χ4v) is 3.60. The Hall–Kier alpha value is -3.41. The van der Waals surface area contributed by atoms with E-state index in [0.717, 1.165) is 42.0 Å². The first-order chi connectivity index (χ1) is 14.1. The molecule has 0 unspecified atom stereocenters. The van der Waals surface area contributed by atoms with Gasteiger partial charge in [-0.2, -0.15) is 5.10 Å². The number of aromatic nitrogens is 2. The van der Waals surface area contributed by atoms with Gasteiger partial charge >= 0.3 is 0 Å². The molecule has 3 aromatic rings. The number of carbonyl (C=O) groups is 2. The van der Waals surface area contributed by atoms with Gasteiger partial charge in [0.2, 0.25) is 5.91 Å². The van der Waals surface area contributed by atoms with Crippen LogP contribution in [0.2, 0.25) is 0 Å². The number of para-hydroxylation sites is 1. The molecule has 1 saturated heterocycles. The van der Waals surface area contributed by atoms with Gasteiger partial charge in [0.05, 0.1) is 5.69 Å². The van der Waals surface area contributed by atoms with Crippen molar-refractivity contribution in [2.75, 3.05) is 11.4 Å². The molecule has 2 amide bonds. The number of rotatable bonds is 5. The Balaban J connectivity index is 1.44. The van der Waals surface area contributed by atoms with Crippen LogP contribution >= 0.6 is 0 Å². The SMILES string of the molecule is Cc1cc(C(=O)NCc2cccc(N3CCCCC3=O)c2)nn1-c1ccccc1. The Morgan fingerprint density at radius 1 is 1.03 bits per heavy atom. The van der Waals surface area contributed by atoms with Crippen molar-refractivity contribution in [2.24, 2.45) is 0 Å². The minimum atomic E-state index is -0.220. The van der Waals surface area contributed by atoms with Gasteiger partial charge in [0.1, 0.15) is 0 Å². The van der Waals surface area contributed by atoms with Crippen molar-refractivity contribution in [1.82, 2.24) is 15.1 Å². The summed E-state index contributed by atoms with van der Waals surface area (Å²) in [7, 11) is 0. The highest BCUT2D eigenvalue weighted by atomic mass is 16.2. The normalized spacial score (nSPS) is 14.1. The fraction of sp³-hybridized carbons (Fsp3) is 0.261. The number of piperidine rings is 1. The van der Waals surface area contributed by atoms with E-state index in [1.807, 2.05) is 66.4 Å². The zero-order valence-electron chi connectivity index (χ0n) is 16.5. The second-order valence-electron chi connectivity index (χ2n) is 7.27. The van der Waals surface area contributed by atoms with E-state index in [1.165, 1.54) is 0 Å². The molecular formula is C23H24N4O2. The topological polar surface area (TPSA) is 67.2 Å². The van der Waals surface area contributed by atoms with Gasteiger partial charge in [0.25, 0.3) is 5.91 Å². The standard InChI is InChI=1S/C23H24N4O2/c1-17-14-21(25-27(17)19-9-3-2-4-10-19)23(29)24-16-18-8-7-11-20(15-18)26-13-6-5-12-22(26)28/h2-4,7-11,14-15H,5-6,12-13,16H2,1H3,(H,24,29). The smallest absolute Gasteiger partial charge is 0.272 e. The molecule has 148 valence electrons. The minimum absolute atomic E-state index is 0.166. The maximum Gasteiger partial charge on any atom is 0.272 e. The third kappa shape index (κ3) is 4.21. The zero-order valence-corrected chi connectivity index (χ0v) is 16.5. The summed E-state index contributed by atoms with van der Waals surface area (Å²) in [6.07, 6.45) is 2.58. The van der Waals surface area contributed by atoms with E-state index in [1.54, 1.807) is 10.7 Å². The summed E-state index contributed by atoms with van der Waals surface area (Å²) in [6, 6.07) is 19.3. The number of hydrogen-bond donors (Lipinski definition) is 1. The van der Waals surface area contributed by atoms with Gasteiger partial charge in [-0.1, -0.05) is 30.3 Å². The van der Waals surface area contributed by atoms with E-state index < -0.39 is 0 Å². The molecule has 0 saturated carbocycles. The second-order valence-corrected chi connectivity index (χ2v) is 7.27. The maximum atomic E-state index is 12.6. The van der Waals surface area contributed by atoms with Crippen LogP contribution in [-0.4, -0.2) is 28.1 Å². The Morgan fingerprint density at radius 3 is 2.62 bits per heavy atom. The third-order valence-corrected chi connectivity index (χ3v) is 5.12. The maximum absolute atomic E-state index is 12.6. The van der Waals surface area contributed by atoms with Crippen LogP contribution in [0.25, 0.3) is 5.69 Å². The molecule has 0 radical (unpaired) electrons. The highest BCUT2D eigenvalue weighted by Gasteiger charge is 2.20. The molecule has 1 aliphatic rings. The lowest BCUT2D eigenvalue weighted by Crippen LogP contribution is -2.35. The highest BCUT2D eigenvalue weighted by molar-refractivity contribution is 5.94. The van der Waals surface area contributed by atoms with Gasteiger partial charge in [-0.15, -0.1) is 0 Å². The molecule has 0 spiro atoms. The van der Waals surface area contributed by atoms with E-state index >= 15 is 0 Å². The van der Waals surface area contributed by atoms with Crippen LogP contribution < -0.4 is 10.2 Å². The lowest BCUT2D eigenvalue weighted by Gasteiger charge is -2.27. The number of hydrogen-bond acceptors (Lipinski definition) is 3. The van der Waals surface area contributed by atoms with Crippen molar-refractivity contribution in [3.8, 4) is 5.69 Å². The number of nitrogens with one attached hydrogen (secondary N) is 1. The summed E-state index contributed by atoms with van der Waals surface area (Å²) in [5, 5.41) is 7.38. The zero-order chi connectivity index (χ0) is 20.2. The second kappa shape index (κ2) is 8.31. The highest BCUT2D eigenvalue weighted by Crippen LogP contribution is 2.22. The average Bonchev–Trinajstić information content (AvgIpc) is 3.15. The predicted octanol–water partition coefficient (Wildman–Crippen LogP) is 3.63. The van der Waals surface area contributed by atoms with E-state index in [4.69, 9.17) is 0 Å². The largest absolute Gasteiger partial charge is 0.347 e. The van der Waals surface area contributed by atoms with Crippen molar-refractivity contribution in [2.45, 2.75) is 32.7 Å². The summed E-state index contributed by atoms with van der Waals surface area (Å²) in [4.78, 5) is 26.6. The molecule has 1 fully saturated rings. The van der Waals surface area contributed by atoms with Gasteiger partial charge in [0.15, 0.2) is 5.69 Å². The molecule has 0 bridgehead atoms. The summed E-state index contributed by atoms with van der Waals surface area (Å²) in [5.41, 5.74) is 4.04. The molecular weight excluding hydrogens is 364 g/mol. The van der Waals surface area contributed by atoms with Crippen molar-refractivity contribution in [1.29, 1.82) is 0 Å². The fourth-order valence-electron chi connectivity index (χ4n) is 3.60. The number of benzene rings is 2. The molecule has 29 heavy (non-hydrogen) atoms. The first-order valence-corrected chi connectivity index (χ1v) is 9.91. The summed E-state index contributed by atoms with van der Waals surface area (Å²) < 4.78 is 1.76. The van der Waals surface area contributed by atoms with Gasteiger partial charge < -0.3 is 10.2 Å². The van der Waals surface area contributed by atoms with Crippen LogP contribution in [0.3, 0.4) is 0 Å². The Bertz CT molecular complexity index is 1030. The molecule has 1 aliphatic heterocycles. The summed E-state index contributed by atoms with van der Waals surface area (Å²) >= 11 is 0. The monoisotopic (exact) mass is 388 g/mol. The molecule has 6 nitrogen and oxygen atoms in total. The van der Waals surface area contributed by atoms with Crippen molar-refractivity contribution in [3.05, 3.63) is 77.6 Å². The average molecular weight is 388 g/mol.